The molecule has 2 N–H and O–H groups in total. The molecule has 76 valence electrons. The van der Waals surface area contributed by atoms with Gasteiger partial charge in [-0.3, -0.25) is 9.59 Å². The molecule has 0 bridgehead atoms. The lowest BCUT2D eigenvalue weighted by Crippen LogP contribution is -2.15. The highest BCUT2D eigenvalue weighted by Gasteiger charge is 2.20. The molecule has 0 saturated carbocycles. The summed E-state index contributed by atoms with van der Waals surface area (Å²) in [7, 11) is 4.97. The van der Waals surface area contributed by atoms with Crippen LogP contribution in [0.5, 0.6) is 0 Å². The number of aliphatic carboxylic acids is 2. The zero-order chi connectivity index (χ0) is 10.5. The molecule has 0 fully saturated rings. The van der Waals surface area contributed by atoms with Crippen LogP contribution in [-0.2, 0) is 9.59 Å². The minimum absolute atomic E-state index is 0.0621. The summed E-state index contributed by atoms with van der Waals surface area (Å²) in [4.78, 5) is 20.1. The first kappa shape index (κ1) is 12.8. The van der Waals surface area contributed by atoms with E-state index in [-0.39, 0.29) is 17.7 Å². The fraction of sp³-hybridized carbons (Fsp3) is 0.714. The van der Waals surface area contributed by atoms with Gasteiger partial charge in [0.2, 0.25) is 0 Å². The zero-order valence-corrected chi connectivity index (χ0v) is 9.50. The SMILES string of the molecule is O=C(O)CCC(P)(P)CCC(=O)O. The molecule has 0 radical (unpaired) electrons. The van der Waals surface area contributed by atoms with Crippen LogP contribution in [0.3, 0.4) is 0 Å². The lowest BCUT2D eigenvalue weighted by Gasteiger charge is -2.22. The second-order valence-corrected chi connectivity index (χ2v) is 5.99. The Bertz CT molecular complexity index is 183. The number of hydrogen-bond donors (Lipinski definition) is 2. The fourth-order valence-electron chi connectivity index (χ4n) is 0.804. The Hall–Kier alpha value is -0.200. The van der Waals surface area contributed by atoms with Crippen molar-refractivity contribution in [2.45, 2.75) is 30.6 Å². The standard InChI is InChI=1S/C7H14O4P2/c8-5(9)1-3-7(12,13)4-2-6(10)11/h1-4,12-13H2,(H,8,9)(H,10,11). The van der Waals surface area contributed by atoms with Gasteiger partial charge in [-0.25, -0.2) is 0 Å². The average molecular weight is 224 g/mol. The summed E-state index contributed by atoms with van der Waals surface area (Å²) in [6.07, 6.45) is 1.02. The molecule has 0 aliphatic carbocycles. The van der Waals surface area contributed by atoms with E-state index in [1.165, 1.54) is 0 Å². The molecule has 6 heteroatoms. The maximum Gasteiger partial charge on any atom is 0.303 e. The van der Waals surface area contributed by atoms with Gasteiger partial charge in [-0.1, -0.05) is 0 Å². The molecule has 2 unspecified atom stereocenters. The predicted molar refractivity (Wildman–Crippen MR) is 55.9 cm³/mol. The van der Waals surface area contributed by atoms with Gasteiger partial charge in [0, 0.05) is 17.7 Å². The van der Waals surface area contributed by atoms with Gasteiger partial charge in [0.15, 0.2) is 0 Å². The van der Waals surface area contributed by atoms with E-state index in [1.54, 1.807) is 0 Å². The predicted octanol–water partition coefficient (Wildman–Crippen LogP) is 1.16. The Labute approximate surface area is 81.5 Å². The maximum atomic E-state index is 10.2. The molecule has 0 heterocycles. The van der Waals surface area contributed by atoms with Crippen LogP contribution >= 0.6 is 18.5 Å². The van der Waals surface area contributed by atoms with Crippen LogP contribution in [-0.4, -0.2) is 27.0 Å². The Morgan fingerprint density at radius 1 is 1.00 bits per heavy atom. The zero-order valence-electron chi connectivity index (χ0n) is 7.19. The summed E-state index contributed by atoms with van der Waals surface area (Å²) in [5.41, 5.74) is 0. The maximum absolute atomic E-state index is 10.2. The second kappa shape index (κ2) is 5.51. The minimum Gasteiger partial charge on any atom is -0.481 e. The number of carboxylic acid groups (broad SMARTS) is 2. The van der Waals surface area contributed by atoms with Gasteiger partial charge in [-0.2, -0.15) is 0 Å². The number of carboxylic acids is 2. The first-order valence-electron chi connectivity index (χ1n) is 3.85. The lowest BCUT2D eigenvalue weighted by molar-refractivity contribution is -0.137. The Kier molecular flexibility index (Phi) is 5.43. The topological polar surface area (TPSA) is 74.6 Å². The highest BCUT2D eigenvalue weighted by Crippen LogP contribution is 2.36. The van der Waals surface area contributed by atoms with Crippen molar-refractivity contribution in [3.05, 3.63) is 0 Å². The van der Waals surface area contributed by atoms with E-state index in [9.17, 15) is 9.59 Å². The van der Waals surface area contributed by atoms with Crippen LogP contribution in [0, 0.1) is 0 Å². The second-order valence-electron chi connectivity index (χ2n) is 3.02. The summed E-state index contributed by atoms with van der Waals surface area (Å²) in [6.45, 7) is 0. The lowest BCUT2D eigenvalue weighted by atomic mass is 10.1. The van der Waals surface area contributed by atoms with E-state index in [1.807, 2.05) is 0 Å². The van der Waals surface area contributed by atoms with Gasteiger partial charge >= 0.3 is 11.9 Å². The highest BCUT2D eigenvalue weighted by atomic mass is 31.1. The van der Waals surface area contributed by atoms with Crippen LogP contribution < -0.4 is 0 Å². The average Bonchev–Trinajstić information content (AvgIpc) is 1.98. The van der Waals surface area contributed by atoms with Crippen molar-refractivity contribution in [1.29, 1.82) is 0 Å². The quantitative estimate of drug-likeness (QED) is 0.664. The van der Waals surface area contributed by atoms with E-state index >= 15 is 0 Å². The monoisotopic (exact) mass is 224 g/mol. The summed E-state index contributed by atoms with van der Waals surface area (Å²) in [6, 6.07) is 0. The first-order chi connectivity index (χ1) is 5.83. The van der Waals surface area contributed by atoms with Gasteiger partial charge in [0.05, 0.1) is 0 Å². The van der Waals surface area contributed by atoms with Gasteiger partial charge < -0.3 is 10.2 Å². The van der Waals surface area contributed by atoms with E-state index in [4.69, 9.17) is 10.2 Å². The Balaban J connectivity index is 3.79. The molecule has 0 spiro atoms. The van der Waals surface area contributed by atoms with Crippen LogP contribution in [0.15, 0.2) is 0 Å². The van der Waals surface area contributed by atoms with Crippen molar-refractivity contribution in [3.8, 4) is 0 Å². The molecular formula is C7H14O4P2. The molecule has 4 nitrogen and oxygen atoms in total. The summed E-state index contributed by atoms with van der Waals surface area (Å²) in [5, 5.41) is 16.8. The Morgan fingerprint density at radius 3 is 1.54 bits per heavy atom. The summed E-state index contributed by atoms with van der Waals surface area (Å²) in [5.74, 6) is -1.71. The first-order valence-corrected chi connectivity index (χ1v) is 5.00. The van der Waals surface area contributed by atoms with Gasteiger partial charge in [-0.15, -0.1) is 18.5 Å². The normalized spacial score (nSPS) is 11.2. The van der Waals surface area contributed by atoms with Crippen molar-refractivity contribution < 1.29 is 19.8 Å². The number of carbonyl (C=O) groups is 2. The molecule has 0 aliphatic heterocycles. The largest absolute Gasteiger partial charge is 0.481 e. The van der Waals surface area contributed by atoms with Gasteiger partial charge in [0.1, 0.15) is 0 Å². The molecule has 0 aliphatic rings. The molecule has 0 saturated heterocycles. The van der Waals surface area contributed by atoms with Crippen LogP contribution in [0.1, 0.15) is 25.7 Å². The van der Waals surface area contributed by atoms with Gasteiger partial charge in [0.25, 0.3) is 0 Å². The van der Waals surface area contributed by atoms with Crippen molar-refractivity contribution >= 4 is 30.4 Å². The van der Waals surface area contributed by atoms with E-state index in [0.29, 0.717) is 12.8 Å². The molecule has 2 atom stereocenters. The van der Waals surface area contributed by atoms with Gasteiger partial charge in [-0.05, 0) is 12.8 Å². The molecule has 13 heavy (non-hydrogen) atoms. The summed E-state index contributed by atoms with van der Waals surface area (Å²) < 4.78 is 0. The minimum atomic E-state index is -0.857. The third-order valence-corrected chi connectivity index (χ3v) is 2.76. The van der Waals surface area contributed by atoms with Crippen molar-refractivity contribution in [2.75, 3.05) is 0 Å². The fourth-order valence-corrected chi connectivity index (χ4v) is 1.38. The molecular weight excluding hydrogens is 210 g/mol. The Morgan fingerprint density at radius 2 is 1.31 bits per heavy atom. The molecule has 0 aromatic heterocycles. The van der Waals surface area contributed by atoms with Crippen molar-refractivity contribution in [3.63, 3.8) is 0 Å². The molecule has 0 amide bonds. The molecule has 0 rings (SSSR count). The number of hydrogen-bond acceptors (Lipinski definition) is 2. The van der Waals surface area contributed by atoms with Crippen molar-refractivity contribution in [1.82, 2.24) is 0 Å². The van der Waals surface area contributed by atoms with Crippen LogP contribution in [0.25, 0.3) is 0 Å². The van der Waals surface area contributed by atoms with Crippen molar-refractivity contribution in [2.24, 2.45) is 0 Å². The van der Waals surface area contributed by atoms with E-state index in [2.05, 4.69) is 18.5 Å². The third-order valence-electron chi connectivity index (χ3n) is 1.61. The third kappa shape index (κ3) is 8.14. The van der Waals surface area contributed by atoms with E-state index < -0.39 is 11.9 Å². The highest BCUT2D eigenvalue weighted by molar-refractivity contribution is 7.39. The van der Waals surface area contributed by atoms with E-state index in [0.717, 1.165) is 0 Å². The van der Waals surface area contributed by atoms with Crippen LogP contribution in [0.4, 0.5) is 0 Å². The smallest absolute Gasteiger partial charge is 0.303 e. The van der Waals surface area contributed by atoms with Crippen LogP contribution in [0.2, 0.25) is 0 Å². The molecule has 0 aromatic rings. The summed E-state index contributed by atoms with van der Waals surface area (Å²) >= 11 is 0. The number of rotatable bonds is 6. The molecule has 0 aromatic carbocycles.